The molecule has 3 nitrogen and oxygen atoms in total. The number of benzene rings is 3. The highest BCUT2D eigenvalue weighted by Crippen LogP contribution is 2.24. The molecular weight excluding hydrogens is 330 g/mol. The average molecular weight is 355 g/mol. The number of nitrogens with zero attached hydrogens (tertiary/aromatic N) is 2. The first kappa shape index (κ1) is 17.3. The van der Waals surface area contributed by atoms with E-state index in [0.717, 1.165) is 30.5 Å². The number of hydrogen-bond acceptors (Lipinski definition) is 2. The summed E-state index contributed by atoms with van der Waals surface area (Å²) in [4.78, 5) is 10.0. The lowest BCUT2D eigenvalue weighted by Crippen LogP contribution is -2.22. The Morgan fingerprint density at radius 1 is 0.815 bits per heavy atom. The van der Waals surface area contributed by atoms with Crippen molar-refractivity contribution in [2.45, 2.75) is 33.4 Å². The number of aromatic amines is 1. The predicted molar refractivity (Wildman–Crippen MR) is 113 cm³/mol. The van der Waals surface area contributed by atoms with Crippen LogP contribution in [0.25, 0.3) is 11.0 Å². The lowest BCUT2D eigenvalue weighted by atomic mass is 10.1. The predicted octanol–water partition coefficient (Wildman–Crippen LogP) is 5.64. The molecule has 1 heterocycles. The van der Waals surface area contributed by atoms with Gasteiger partial charge in [0.05, 0.1) is 17.4 Å². The number of nitrogens with one attached hydrogen (secondary N) is 1. The molecule has 0 aliphatic carbocycles. The van der Waals surface area contributed by atoms with Crippen LogP contribution in [0, 0.1) is 6.92 Å². The van der Waals surface area contributed by atoms with Crippen LogP contribution >= 0.6 is 0 Å². The zero-order valence-electron chi connectivity index (χ0n) is 15.9. The molecular formula is C24H25N3. The molecule has 3 heteroatoms. The molecule has 136 valence electrons. The summed E-state index contributed by atoms with van der Waals surface area (Å²) < 4.78 is 0. The number of imidazole rings is 1. The SMILES string of the molecule is CCc1ccc(CN(Cc2ccc(C)cc2)c2ccc3[nH]cnc3c2)cc1. The third-order valence-electron chi connectivity index (χ3n) is 5.07. The van der Waals surface area contributed by atoms with Crippen LogP contribution in [0.15, 0.2) is 73.1 Å². The Kier molecular flexibility index (Phi) is 4.93. The molecule has 4 aromatic rings. The largest absolute Gasteiger partial charge is 0.363 e. The fourth-order valence-electron chi connectivity index (χ4n) is 3.37. The lowest BCUT2D eigenvalue weighted by molar-refractivity contribution is 0.800. The van der Waals surface area contributed by atoms with Gasteiger partial charge in [-0.05, 0) is 48.2 Å². The molecule has 0 spiro atoms. The Morgan fingerprint density at radius 2 is 1.44 bits per heavy atom. The van der Waals surface area contributed by atoms with Crippen LogP contribution in [0.1, 0.15) is 29.2 Å². The van der Waals surface area contributed by atoms with Gasteiger partial charge in [0.2, 0.25) is 0 Å². The number of fused-ring (bicyclic) bond motifs is 1. The molecule has 4 rings (SSSR count). The van der Waals surface area contributed by atoms with Gasteiger partial charge in [-0.25, -0.2) is 4.98 Å². The van der Waals surface area contributed by atoms with Gasteiger partial charge in [0.15, 0.2) is 0 Å². The summed E-state index contributed by atoms with van der Waals surface area (Å²) in [6, 6.07) is 24.2. The first-order valence-corrected chi connectivity index (χ1v) is 9.53. The molecule has 0 radical (unpaired) electrons. The number of hydrogen-bond donors (Lipinski definition) is 1. The number of aromatic nitrogens is 2. The highest BCUT2D eigenvalue weighted by atomic mass is 15.1. The van der Waals surface area contributed by atoms with Gasteiger partial charge >= 0.3 is 0 Å². The molecule has 0 atom stereocenters. The Balaban J connectivity index is 1.65. The van der Waals surface area contributed by atoms with E-state index in [0.29, 0.717) is 0 Å². The average Bonchev–Trinajstić information content (AvgIpc) is 3.17. The summed E-state index contributed by atoms with van der Waals surface area (Å²) in [7, 11) is 0. The van der Waals surface area contributed by atoms with Gasteiger partial charge in [0, 0.05) is 18.8 Å². The quantitative estimate of drug-likeness (QED) is 0.485. The van der Waals surface area contributed by atoms with Crippen molar-refractivity contribution in [2.24, 2.45) is 0 Å². The van der Waals surface area contributed by atoms with Gasteiger partial charge in [0.25, 0.3) is 0 Å². The summed E-state index contributed by atoms with van der Waals surface area (Å²) >= 11 is 0. The second kappa shape index (κ2) is 7.67. The molecule has 1 N–H and O–H groups in total. The van der Waals surface area contributed by atoms with E-state index in [-0.39, 0.29) is 0 Å². The van der Waals surface area contributed by atoms with E-state index >= 15 is 0 Å². The molecule has 3 aromatic carbocycles. The monoisotopic (exact) mass is 355 g/mol. The van der Waals surface area contributed by atoms with Crippen molar-refractivity contribution in [1.82, 2.24) is 9.97 Å². The Hall–Kier alpha value is -3.07. The van der Waals surface area contributed by atoms with Gasteiger partial charge in [-0.15, -0.1) is 0 Å². The zero-order valence-corrected chi connectivity index (χ0v) is 15.9. The molecule has 0 saturated carbocycles. The summed E-state index contributed by atoms with van der Waals surface area (Å²) in [6.45, 7) is 6.06. The van der Waals surface area contributed by atoms with E-state index in [1.54, 1.807) is 6.33 Å². The molecule has 0 aliphatic heterocycles. The smallest absolute Gasteiger partial charge is 0.0931 e. The topological polar surface area (TPSA) is 31.9 Å². The second-order valence-electron chi connectivity index (χ2n) is 7.12. The van der Waals surface area contributed by atoms with Gasteiger partial charge < -0.3 is 9.88 Å². The maximum absolute atomic E-state index is 4.43. The molecule has 0 unspecified atom stereocenters. The molecule has 27 heavy (non-hydrogen) atoms. The minimum atomic E-state index is 0.867. The Labute approximate surface area is 160 Å². The highest BCUT2D eigenvalue weighted by molar-refractivity contribution is 5.79. The fraction of sp³-hybridized carbons (Fsp3) is 0.208. The van der Waals surface area contributed by atoms with Crippen molar-refractivity contribution < 1.29 is 0 Å². The molecule has 0 aliphatic rings. The van der Waals surface area contributed by atoms with Crippen LogP contribution in [0.2, 0.25) is 0 Å². The normalized spacial score (nSPS) is 11.0. The lowest BCUT2D eigenvalue weighted by Gasteiger charge is -2.25. The van der Waals surface area contributed by atoms with E-state index < -0.39 is 0 Å². The van der Waals surface area contributed by atoms with Crippen LogP contribution in [-0.2, 0) is 19.5 Å². The molecule has 0 bridgehead atoms. The van der Waals surface area contributed by atoms with Crippen LogP contribution in [0.3, 0.4) is 0 Å². The van der Waals surface area contributed by atoms with Crippen LogP contribution in [0.4, 0.5) is 5.69 Å². The van der Waals surface area contributed by atoms with Crippen molar-refractivity contribution in [2.75, 3.05) is 4.90 Å². The van der Waals surface area contributed by atoms with Crippen LogP contribution < -0.4 is 4.90 Å². The molecule has 1 aromatic heterocycles. The first-order chi connectivity index (χ1) is 13.2. The Bertz CT molecular complexity index is 1010. The van der Waals surface area contributed by atoms with Gasteiger partial charge in [-0.2, -0.15) is 0 Å². The summed E-state index contributed by atoms with van der Waals surface area (Å²) in [6.07, 6.45) is 2.82. The van der Waals surface area contributed by atoms with Crippen LogP contribution in [-0.4, -0.2) is 9.97 Å². The summed E-state index contributed by atoms with van der Waals surface area (Å²) in [5, 5.41) is 0. The number of rotatable bonds is 6. The van der Waals surface area contributed by atoms with Gasteiger partial charge in [-0.1, -0.05) is 61.0 Å². The maximum atomic E-state index is 4.43. The minimum Gasteiger partial charge on any atom is -0.363 e. The minimum absolute atomic E-state index is 0.867. The van der Waals surface area contributed by atoms with E-state index in [2.05, 4.69) is 95.4 Å². The maximum Gasteiger partial charge on any atom is 0.0931 e. The summed E-state index contributed by atoms with van der Waals surface area (Å²) in [5.41, 5.74) is 8.56. The number of anilines is 1. The third kappa shape index (κ3) is 4.03. The van der Waals surface area contributed by atoms with E-state index in [1.165, 1.54) is 27.9 Å². The van der Waals surface area contributed by atoms with E-state index in [1.807, 2.05) is 0 Å². The fourth-order valence-corrected chi connectivity index (χ4v) is 3.37. The first-order valence-electron chi connectivity index (χ1n) is 9.53. The van der Waals surface area contributed by atoms with E-state index in [9.17, 15) is 0 Å². The zero-order chi connectivity index (χ0) is 18.6. The summed E-state index contributed by atoms with van der Waals surface area (Å²) in [5.74, 6) is 0. The Morgan fingerprint density at radius 3 is 2.11 bits per heavy atom. The van der Waals surface area contributed by atoms with Crippen LogP contribution in [0.5, 0.6) is 0 Å². The van der Waals surface area contributed by atoms with Gasteiger partial charge in [0.1, 0.15) is 0 Å². The van der Waals surface area contributed by atoms with Crippen molar-refractivity contribution >= 4 is 16.7 Å². The van der Waals surface area contributed by atoms with Crippen molar-refractivity contribution in [3.05, 3.63) is 95.3 Å². The molecule has 0 fully saturated rings. The van der Waals surface area contributed by atoms with E-state index in [4.69, 9.17) is 0 Å². The number of aryl methyl sites for hydroxylation is 2. The van der Waals surface area contributed by atoms with Gasteiger partial charge in [-0.3, -0.25) is 0 Å². The second-order valence-corrected chi connectivity index (χ2v) is 7.12. The van der Waals surface area contributed by atoms with Crippen molar-refractivity contribution in [3.63, 3.8) is 0 Å². The number of H-pyrrole nitrogens is 1. The third-order valence-corrected chi connectivity index (χ3v) is 5.07. The van der Waals surface area contributed by atoms with Crippen molar-refractivity contribution in [3.8, 4) is 0 Å². The highest BCUT2D eigenvalue weighted by Gasteiger charge is 2.10. The molecule has 0 amide bonds. The van der Waals surface area contributed by atoms with Crippen molar-refractivity contribution in [1.29, 1.82) is 0 Å². The standard InChI is InChI=1S/C24H25N3/c1-3-19-8-10-21(11-9-19)16-27(15-20-6-4-18(2)5-7-20)22-12-13-23-24(14-22)26-17-25-23/h4-14,17H,3,15-16H2,1-2H3,(H,25,26). The molecule has 0 saturated heterocycles.